The minimum Gasteiger partial charge on any atom is -0.309 e. The number of fused-ring (bicyclic) bond motifs is 7. The fourth-order valence-electron chi connectivity index (χ4n) is 8.41. The van der Waals surface area contributed by atoms with Crippen LogP contribution in [0.25, 0.3) is 105 Å². The van der Waals surface area contributed by atoms with Crippen LogP contribution in [0.1, 0.15) is 0 Å². The lowest BCUT2D eigenvalue weighted by molar-refractivity contribution is 1.17. The molecule has 0 amide bonds. The van der Waals surface area contributed by atoms with Crippen LogP contribution in [-0.2, 0) is 0 Å². The summed E-state index contributed by atoms with van der Waals surface area (Å²) in [7, 11) is 0. The highest BCUT2D eigenvalue weighted by Gasteiger charge is 2.16. The van der Waals surface area contributed by atoms with Crippen molar-refractivity contribution in [3.8, 4) is 50.7 Å². The molecule has 55 heavy (non-hydrogen) atoms. The number of hydrogen-bond donors (Lipinski definition) is 0. The van der Waals surface area contributed by atoms with E-state index in [1.54, 1.807) is 0 Å². The van der Waals surface area contributed by atoms with Crippen LogP contribution in [0.3, 0.4) is 0 Å². The van der Waals surface area contributed by atoms with Crippen molar-refractivity contribution in [1.82, 2.24) is 14.5 Å². The van der Waals surface area contributed by atoms with Gasteiger partial charge in [-0.1, -0.05) is 158 Å². The second-order valence-electron chi connectivity index (χ2n) is 14.2. The van der Waals surface area contributed by atoms with Gasteiger partial charge in [0.2, 0.25) is 0 Å². The van der Waals surface area contributed by atoms with Crippen molar-refractivity contribution in [3.63, 3.8) is 0 Å². The molecule has 0 bridgehead atoms. The molecule has 0 unspecified atom stereocenters. The number of nitrogens with zero attached hydrogens (tertiary/aromatic N) is 3. The highest BCUT2D eigenvalue weighted by molar-refractivity contribution is 6.20. The molecule has 0 fully saturated rings. The van der Waals surface area contributed by atoms with Crippen molar-refractivity contribution >= 4 is 54.1 Å². The summed E-state index contributed by atoms with van der Waals surface area (Å²) in [5.74, 6) is 0.701. The lowest BCUT2D eigenvalue weighted by Gasteiger charge is -2.15. The Kier molecular flexibility index (Phi) is 7.17. The smallest absolute Gasteiger partial charge is 0.160 e. The molecule has 9 aromatic carbocycles. The number of rotatable bonds is 5. The number of hydrogen-bond acceptors (Lipinski definition) is 2. The predicted octanol–water partition coefficient (Wildman–Crippen LogP) is 13.7. The fraction of sp³-hybridized carbons (Fsp3) is 0. The van der Waals surface area contributed by atoms with Gasteiger partial charge in [-0.05, 0) is 85.9 Å². The molecule has 0 saturated carbocycles. The van der Waals surface area contributed by atoms with Gasteiger partial charge in [-0.2, -0.15) is 0 Å². The maximum Gasteiger partial charge on any atom is 0.160 e. The Morgan fingerprint density at radius 1 is 0.309 bits per heavy atom. The third-order valence-electron chi connectivity index (χ3n) is 11.0. The Balaban J connectivity index is 1.07. The Bertz CT molecular complexity index is 3200. The van der Waals surface area contributed by atoms with E-state index in [1.807, 2.05) is 18.2 Å². The van der Waals surface area contributed by atoms with Gasteiger partial charge in [0.05, 0.1) is 22.4 Å². The maximum atomic E-state index is 5.21. The molecule has 0 aliphatic heterocycles. The van der Waals surface area contributed by atoms with Gasteiger partial charge in [-0.3, -0.25) is 0 Å². The van der Waals surface area contributed by atoms with E-state index in [9.17, 15) is 0 Å². The van der Waals surface area contributed by atoms with Crippen molar-refractivity contribution in [2.24, 2.45) is 0 Å². The second-order valence-corrected chi connectivity index (χ2v) is 14.2. The van der Waals surface area contributed by atoms with Gasteiger partial charge in [-0.25, -0.2) is 9.97 Å². The van der Waals surface area contributed by atoms with E-state index < -0.39 is 0 Å². The molecule has 0 aliphatic rings. The molecular formula is C52H33N3. The van der Waals surface area contributed by atoms with Crippen LogP contribution in [0.4, 0.5) is 0 Å². The summed E-state index contributed by atoms with van der Waals surface area (Å²) >= 11 is 0. The van der Waals surface area contributed by atoms with Crippen molar-refractivity contribution in [1.29, 1.82) is 0 Å². The molecule has 11 aromatic rings. The Labute approximate surface area is 318 Å². The largest absolute Gasteiger partial charge is 0.309 e. The first-order chi connectivity index (χ1) is 27.3. The summed E-state index contributed by atoms with van der Waals surface area (Å²) in [6, 6.07) is 71.5. The summed E-state index contributed by atoms with van der Waals surface area (Å²) in [5, 5.41) is 9.98. The molecule has 2 heterocycles. The molecule has 0 saturated heterocycles. The molecule has 3 heteroatoms. The molecule has 0 spiro atoms. The van der Waals surface area contributed by atoms with Gasteiger partial charge < -0.3 is 4.57 Å². The first-order valence-corrected chi connectivity index (χ1v) is 18.7. The van der Waals surface area contributed by atoms with Crippen molar-refractivity contribution in [2.75, 3.05) is 0 Å². The highest BCUT2D eigenvalue weighted by atomic mass is 15.0. The zero-order valence-electron chi connectivity index (χ0n) is 29.9. The topological polar surface area (TPSA) is 30.7 Å². The van der Waals surface area contributed by atoms with Crippen LogP contribution in [0.2, 0.25) is 0 Å². The van der Waals surface area contributed by atoms with Gasteiger partial charge in [0.25, 0.3) is 0 Å². The van der Waals surface area contributed by atoms with Gasteiger partial charge in [0.1, 0.15) is 0 Å². The van der Waals surface area contributed by atoms with E-state index in [0.29, 0.717) is 5.82 Å². The van der Waals surface area contributed by atoms with Crippen LogP contribution in [0, 0.1) is 0 Å². The third kappa shape index (κ3) is 5.20. The Morgan fingerprint density at radius 2 is 0.891 bits per heavy atom. The quantitative estimate of drug-likeness (QED) is 0.132. The predicted molar refractivity (Wildman–Crippen MR) is 231 cm³/mol. The summed E-state index contributed by atoms with van der Waals surface area (Å²) in [4.78, 5) is 10.4. The number of benzene rings is 9. The van der Waals surface area contributed by atoms with Gasteiger partial charge in [-0.15, -0.1) is 0 Å². The van der Waals surface area contributed by atoms with Crippen LogP contribution in [0.15, 0.2) is 200 Å². The summed E-state index contributed by atoms with van der Waals surface area (Å²) < 4.78 is 2.35. The molecule has 0 radical (unpaired) electrons. The number of para-hydroxylation sites is 2. The molecule has 2 aromatic heterocycles. The first-order valence-electron chi connectivity index (χ1n) is 18.7. The molecule has 0 N–H and O–H groups in total. The fourth-order valence-corrected chi connectivity index (χ4v) is 8.41. The lowest BCUT2D eigenvalue weighted by atomic mass is 9.89. The van der Waals surface area contributed by atoms with E-state index in [2.05, 4.69) is 187 Å². The average Bonchev–Trinajstić information content (AvgIpc) is 3.60. The van der Waals surface area contributed by atoms with Crippen molar-refractivity contribution in [3.05, 3.63) is 200 Å². The maximum absolute atomic E-state index is 5.21. The van der Waals surface area contributed by atoms with E-state index in [-0.39, 0.29) is 0 Å². The molecule has 0 aliphatic carbocycles. The minimum absolute atomic E-state index is 0.701. The van der Waals surface area contributed by atoms with Crippen LogP contribution < -0.4 is 0 Å². The molecule has 256 valence electrons. The van der Waals surface area contributed by atoms with E-state index in [0.717, 1.165) is 39.3 Å². The monoisotopic (exact) mass is 699 g/mol. The molecule has 3 nitrogen and oxygen atoms in total. The highest BCUT2D eigenvalue weighted by Crippen LogP contribution is 2.41. The normalized spacial score (nSPS) is 11.6. The van der Waals surface area contributed by atoms with Gasteiger partial charge >= 0.3 is 0 Å². The zero-order valence-corrected chi connectivity index (χ0v) is 29.9. The first kappa shape index (κ1) is 31.2. The Hall–Kier alpha value is -7.36. The summed E-state index contributed by atoms with van der Waals surface area (Å²) in [6.07, 6.45) is 0. The van der Waals surface area contributed by atoms with Crippen LogP contribution >= 0.6 is 0 Å². The standard InChI is InChI=1S/C52H33N3/c1-2-14-36(15-3-1)52-53-47(35-25-28-40(29-26-35)55-49-23-10-8-21-43(49)44-22-9-11-24-50(44)55)33-48(54-52)38-17-12-18-39(31-38)51-42-20-7-5-16-37(42)32-46-41-19-6-4-13-34(41)27-30-45(46)51/h1-33H. The van der Waals surface area contributed by atoms with Crippen molar-refractivity contribution < 1.29 is 0 Å². The minimum atomic E-state index is 0.701. The second kappa shape index (κ2) is 12.6. The SMILES string of the molecule is c1ccc(-c2nc(-c3ccc(-n4c5ccccc5c5ccccc54)cc3)cc(-c3cccc(-c4c5ccccc5cc5c4ccc4ccccc45)c3)n2)cc1. The lowest BCUT2D eigenvalue weighted by Crippen LogP contribution is -1.97. The molecular weight excluding hydrogens is 667 g/mol. The van der Waals surface area contributed by atoms with Gasteiger partial charge in [0, 0.05) is 33.2 Å². The molecule has 11 rings (SSSR count). The summed E-state index contributed by atoms with van der Waals surface area (Å²) in [5.41, 5.74) is 10.7. The van der Waals surface area contributed by atoms with Crippen molar-refractivity contribution in [2.45, 2.75) is 0 Å². The Morgan fingerprint density at radius 3 is 1.64 bits per heavy atom. The number of aromatic nitrogens is 3. The zero-order chi connectivity index (χ0) is 36.3. The van der Waals surface area contributed by atoms with Gasteiger partial charge in [0.15, 0.2) is 5.82 Å². The van der Waals surface area contributed by atoms with E-state index in [4.69, 9.17) is 9.97 Å². The van der Waals surface area contributed by atoms with Crippen LogP contribution in [-0.4, -0.2) is 14.5 Å². The summed E-state index contributed by atoms with van der Waals surface area (Å²) in [6.45, 7) is 0. The van der Waals surface area contributed by atoms with E-state index in [1.165, 1.54) is 59.7 Å². The molecule has 0 atom stereocenters. The van der Waals surface area contributed by atoms with E-state index >= 15 is 0 Å². The average molecular weight is 700 g/mol. The van der Waals surface area contributed by atoms with Crippen LogP contribution in [0.5, 0.6) is 0 Å². The third-order valence-corrected chi connectivity index (χ3v) is 11.0.